The van der Waals surface area contributed by atoms with E-state index in [1.807, 2.05) is 0 Å². The van der Waals surface area contributed by atoms with E-state index >= 15 is 0 Å². The van der Waals surface area contributed by atoms with Crippen molar-refractivity contribution in [3.63, 3.8) is 0 Å². The summed E-state index contributed by atoms with van der Waals surface area (Å²) in [5, 5.41) is 10.3. The third-order valence-corrected chi connectivity index (χ3v) is 8.23. The van der Waals surface area contributed by atoms with Gasteiger partial charge in [0.25, 0.3) is 0 Å². The molecule has 3 heteroatoms. The van der Waals surface area contributed by atoms with E-state index < -0.39 is 0 Å². The molecule has 0 saturated carbocycles. The second-order valence-electron chi connectivity index (χ2n) is 10.9. The van der Waals surface area contributed by atoms with Gasteiger partial charge in [0.2, 0.25) is 0 Å². The Morgan fingerprint density at radius 2 is 1.11 bits per heavy atom. The van der Waals surface area contributed by atoms with Crippen LogP contribution >= 0.6 is 0 Å². The van der Waals surface area contributed by atoms with Crippen molar-refractivity contribution in [1.29, 1.82) is 0 Å². The molecule has 1 aliphatic rings. The molecule has 1 aliphatic heterocycles. The maximum Gasteiger partial charge on any atom is 0.494 e. The molecule has 0 unspecified atom stereocenters. The van der Waals surface area contributed by atoms with Gasteiger partial charge in [-0.05, 0) is 93.4 Å². The van der Waals surface area contributed by atoms with Crippen molar-refractivity contribution in [2.24, 2.45) is 0 Å². The van der Waals surface area contributed by atoms with Crippen molar-refractivity contribution in [3.05, 3.63) is 91.0 Å². The molecule has 0 bridgehead atoms. The second kappa shape index (κ2) is 7.07. The van der Waals surface area contributed by atoms with Crippen molar-refractivity contribution in [1.82, 2.24) is 0 Å². The van der Waals surface area contributed by atoms with E-state index in [0.29, 0.717) is 0 Å². The molecule has 7 rings (SSSR count). The van der Waals surface area contributed by atoms with E-state index in [2.05, 4.69) is 119 Å². The zero-order valence-electron chi connectivity index (χ0n) is 20.6. The van der Waals surface area contributed by atoms with Crippen molar-refractivity contribution < 1.29 is 9.31 Å². The molecule has 1 saturated heterocycles. The van der Waals surface area contributed by atoms with Crippen molar-refractivity contribution >= 4 is 55.7 Å². The molecule has 35 heavy (non-hydrogen) atoms. The molecule has 0 aliphatic carbocycles. The predicted molar refractivity (Wildman–Crippen MR) is 149 cm³/mol. The van der Waals surface area contributed by atoms with E-state index in [-0.39, 0.29) is 18.3 Å². The van der Waals surface area contributed by atoms with Gasteiger partial charge in [-0.25, -0.2) is 0 Å². The van der Waals surface area contributed by atoms with Crippen molar-refractivity contribution in [3.8, 4) is 11.1 Å². The van der Waals surface area contributed by atoms with Crippen molar-refractivity contribution in [2.75, 3.05) is 0 Å². The fourth-order valence-electron chi connectivity index (χ4n) is 5.54. The van der Waals surface area contributed by atoms with Crippen LogP contribution in [0.4, 0.5) is 0 Å². The molecule has 0 atom stereocenters. The average molecular weight is 454 g/mol. The lowest BCUT2D eigenvalue weighted by Crippen LogP contribution is -2.41. The van der Waals surface area contributed by atoms with Gasteiger partial charge in [-0.2, -0.15) is 0 Å². The number of hydrogen-bond donors (Lipinski definition) is 0. The number of rotatable bonds is 2. The van der Waals surface area contributed by atoms with Crippen LogP contribution in [0, 0.1) is 0 Å². The van der Waals surface area contributed by atoms with Gasteiger partial charge in [-0.1, -0.05) is 84.9 Å². The molecule has 1 fully saturated rings. The van der Waals surface area contributed by atoms with Gasteiger partial charge in [0, 0.05) is 0 Å². The lowest BCUT2D eigenvalue weighted by atomic mass is 9.78. The summed E-state index contributed by atoms with van der Waals surface area (Å²) in [5.74, 6) is 0. The molecule has 6 aromatic rings. The molecule has 170 valence electrons. The minimum absolute atomic E-state index is 0.342. The molecule has 0 aromatic heterocycles. The number of benzene rings is 6. The smallest absolute Gasteiger partial charge is 0.399 e. The summed E-state index contributed by atoms with van der Waals surface area (Å²) in [7, 11) is -0.346. The van der Waals surface area contributed by atoms with Crippen LogP contribution in [0.5, 0.6) is 0 Å². The van der Waals surface area contributed by atoms with Crippen LogP contribution < -0.4 is 5.46 Å². The highest BCUT2D eigenvalue weighted by atomic mass is 16.7. The third-order valence-electron chi connectivity index (χ3n) is 8.23. The molecule has 6 aromatic carbocycles. The van der Waals surface area contributed by atoms with Gasteiger partial charge < -0.3 is 9.31 Å². The Morgan fingerprint density at radius 1 is 0.543 bits per heavy atom. The Kier molecular flexibility index (Phi) is 4.23. The minimum atomic E-state index is -0.346. The molecular weight excluding hydrogens is 427 g/mol. The van der Waals surface area contributed by atoms with E-state index in [1.54, 1.807) is 0 Å². The number of hydrogen-bond acceptors (Lipinski definition) is 2. The normalized spacial score (nSPS) is 17.3. The first-order valence-electron chi connectivity index (χ1n) is 12.4. The van der Waals surface area contributed by atoms with Gasteiger partial charge in [0.05, 0.1) is 11.2 Å². The van der Waals surface area contributed by atoms with Crippen LogP contribution in [0.25, 0.3) is 54.2 Å². The fourth-order valence-corrected chi connectivity index (χ4v) is 5.54. The third kappa shape index (κ3) is 3.05. The molecule has 0 amide bonds. The number of fused-ring (bicyclic) bond motifs is 1. The van der Waals surface area contributed by atoms with E-state index in [1.165, 1.54) is 54.2 Å². The Bertz CT molecular complexity index is 1730. The topological polar surface area (TPSA) is 18.5 Å². The minimum Gasteiger partial charge on any atom is -0.399 e. The van der Waals surface area contributed by atoms with Crippen LogP contribution in [0.3, 0.4) is 0 Å². The van der Waals surface area contributed by atoms with Crippen LogP contribution in [-0.4, -0.2) is 18.3 Å². The molecule has 0 radical (unpaired) electrons. The van der Waals surface area contributed by atoms with E-state index in [9.17, 15) is 0 Å². The molecule has 0 N–H and O–H groups in total. The van der Waals surface area contributed by atoms with Gasteiger partial charge >= 0.3 is 7.12 Å². The summed E-state index contributed by atoms with van der Waals surface area (Å²) in [4.78, 5) is 0. The SMILES string of the molecule is CC1(C)OB(c2ccc3cc(-c4ccc5ccc6cccc7ccc4c5c67)ccc3c2)OC1(C)C. The first-order valence-corrected chi connectivity index (χ1v) is 12.4. The zero-order valence-corrected chi connectivity index (χ0v) is 20.6. The molecule has 2 nitrogen and oxygen atoms in total. The maximum atomic E-state index is 6.27. The first kappa shape index (κ1) is 20.9. The Balaban J connectivity index is 1.34. The van der Waals surface area contributed by atoms with Crippen LogP contribution in [-0.2, 0) is 9.31 Å². The quantitative estimate of drug-likeness (QED) is 0.197. The fraction of sp³-hybridized carbons (Fsp3) is 0.188. The second-order valence-corrected chi connectivity index (χ2v) is 10.9. The van der Waals surface area contributed by atoms with Crippen LogP contribution in [0.2, 0.25) is 0 Å². The Hall–Kier alpha value is -3.40. The largest absolute Gasteiger partial charge is 0.494 e. The van der Waals surface area contributed by atoms with Gasteiger partial charge in [0.15, 0.2) is 0 Å². The highest BCUT2D eigenvalue weighted by molar-refractivity contribution is 6.62. The van der Waals surface area contributed by atoms with Crippen molar-refractivity contribution in [2.45, 2.75) is 38.9 Å². The lowest BCUT2D eigenvalue weighted by Gasteiger charge is -2.32. The first-order chi connectivity index (χ1) is 16.8. The van der Waals surface area contributed by atoms with Crippen LogP contribution in [0.1, 0.15) is 27.7 Å². The summed E-state index contributed by atoms with van der Waals surface area (Å²) in [6.07, 6.45) is 0. The highest BCUT2D eigenvalue weighted by Gasteiger charge is 2.51. The van der Waals surface area contributed by atoms with Gasteiger partial charge in [0.1, 0.15) is 0 Å². The predicted octanol–water partition coefficient (Wildman–Crippen LogP) is 7.70. The molecular formula is C32H27BO2. The Morgan fingerprint density at radius 3 is 1.86 bits per heavy atom. The molecule has 1 heterocycles. The summed E-state index contributed by atoms with van der Waals surface area (Å²) >= 11 is 0. The monoisotopic (exact) mass is 454 g/mol. The van der Waals surface area contributed by atoms with Gasteiger partial charge in [-0.15, -0.1) is 0 Å². The Labute approximate surface area is 205 Å². The van der Waals surface area contributed by atoms with E-state index in [0.717, 1.165) is 5.46 Å². The van der Waals surface area contributed by atoms with E-state index in [4.69, 9.17) is 9.31 Å². The summed E-state index contributed by atoms with van der Waals surface area (Å²) < 4.78 is 12.5. The summed E-state index contributed by atoms with van der Waals surface area (Å²) in [5.41, 5.74) is 2.88. The summed E-state index contributed by atoms with van der Waals surface area (Å²) in [6, 6.07) is 33.4. The standard InChI is InChI=1S/C32H27BO2/c1-31(2)32(3,4)35-33(34-31)26-15-12-23-18-25(11-10-24(23)19-26)27-16-13-22-9-8-20-6-5-7-21-14-17-28(27)30(22)29(20)21/h5-19H,1-4H3. The lowest BCUT2D eigenvalue weighted by molar-refractivity contribution is 0.00578. The summed E-state index contributed by atoms with van der Waals surface area (Å²) in [6.45, 7) is 8.38. The average Bonchev–Trinajstić information content (AvgIpc) is 3.08. The van der Waals surface area contributed by atoms with Crippen LogP contribution in [0.15, 0.2) is 91.0 Å². The zero-order chi connectivity index (χ0) is 23.9. The van der Waals surface area contributed by atoms with Gasteiger partial charge in [-0.3, -0.25) is 0 Å². The molecule has 0 spiro atoms. The highest BCUT2D eigenvalue weighted by Crippen LogP contribution is 2.40. The maximum absolute atomic E-state index is 6.27.